The topological polar surface area (TPSA) is 122 Å². The third-order valence-corrected chi connectivity index (χ3v) is 8.39. The highest BCUT2D eigenvalue weighted by molar-refractivity contribution is 7.92. The number of rotatable bonds is 10. The van der Waals surface area contributed by atoms with Gasteiger partial charge in [0.05, 0.1) is 30.5 Å². The molecule has 0 heterocycles. The molecule has 0 saturated heterocycles. The smallest absolute Gasteiger partial charge is 0.261 e. The summed E-state index contributed by atoms with van der Waals surface area (Å²) in [5, 5.41) is 2.68. The zero-order chi connectivity index (χ0) is 28.9. The van der Waals surface area contributed by atoms with Crippen LogP contribution in [0, 0.1) is 5.82 Å². The molecule has 12 heteroatoms. The van der Waals surface area contributed by atoms with Crippen LogP contribution >= 0.6 is 0 Å². The van der Waals surface area contributed by atoms with Gasteiger partial charge in [0, 0.05) is 22.5 Å². The van der Waals surface area contributed by atoms with Crippen molar-refractivity contribution in [2.75, 3.05) is 27.7 Å². The van der Waals surface area contributed by atoms with E-state index in [-0.39, 0.29) is 28.3 Å². The Hall–Kier alpha value is -4.42. The molecule has 0 aliphatic rings. The first-order chi connectivity index (χ1) is 19.0. The first-order valence-electron chi connectivity index (χ1n) is 11.9. The molecule has 0 saturated carbocycles. The molecule has 0 bridgehead atoms. The summed E-state index contributed by atoms with van der Waals surface area (Å²) in [5.41, 5.74) is 1.43. The maximum atomic E-state index is 14.1. The number of methoxy groups -OCH3 is 1. The number of halogens is 1. The summed E-state index contributed by atoms with van der Waals surface area (Å²) in [4.78, 5) is 12.8. The highest BCUT2D eigenvalue weighted by Gasteiger charge is 2.20. The monoisotopic (exact) mass is 583 g/mol. The fourth-order valence-electron chi connectivity index (χ4n) is 3.75. The van der Waals surface area contributed by atoms with Crippen molar-refractivity contribution in [1.82, 2.24) is 0 Å². The Kier molecular flexibility index (Phi) is 8.40. The van der Waals surface area contributed by atoms with Gasteiger partial charge in [0.15, 0.2) is 0 Å². The van der Waals surface area contributed by atoms with Crippen LogP contribution in [0.1, 0.15) is 15.9 Å². The van der Waals surface area contributed by atoms with Gasteiger partial charge in [-0.1, -0.05) is 18.2 Å². The van der Waals surface area contributed by atoms with Gasteiger partial charge in [-0.15, -0.1) is 0 Å². The Morgan fingerprint density at radius 2 is 1.43 bits per heavy atom. The number of nitrogens with one attached hydrogen (secondary N) is 2. The Bertz CT molecular complexity index is 1710. The number of carbonyl (C=O) groups is 1. The standard InChI is InChI=1S/C28H26FN3O6S2/c1-38-25-15-9-23(10-16-25)31-40(36,37)26-17-11-22(12-18-26)30-28(33)20-7-13-24(14-8-20)32(39(2,34)35)19-21-5-3-4-6-27(21)29/h3-18,31H,19H2,1-2H3,(H,30,33). The van der Waals surface area contributed by atoms with Crippen LogP contribution in [0.25, 0.3) is 0 Å². The van der Waals surface area contributed by atoms with Crippen molar-refractivity contribution >= 4 is 43.0 Å². The highest BCUT2D eigenvalue weighted by atomic mass is 32.2. The molecule has 9 nitrogen and oxygen atoms in total. The Morgan fingerprint density at radius 1 is 0.825 bits per heavy atom. The quantitative estimate of drug-likeness (QED) is 0.275. The number of hydrogen-bond donors (Lipinski definition) is 2. The van der Waals surface area contributed by atoms with Crippen molar-refractivity contribution in [2.24, 2.45) is 0 Å². The minimum absolute atomic E-state index is 0.00129. The third kappa shape index (κ3) is 6.96. The SMILES string of the molecule is COc1ccc(NS(=O)(=O)c2ccc(NC(=O)c3ccc(N(Cc4ccccc4F)S(C)(=O)=O)cc3)cc2)cc1. The van der Waals surface area contributed by atoms with Gasteiger partial charge in [0.1, 0.15) is 11.6 Å². The summed E-state index contributed by atoms with van der Waals surface area (Å²) >= 11 is 0. The maximum absolute atomic E-state index is 14.1. The first kappa shape index (κ1) is 28.6. The van der Waals surface area contributed by atoms with E-state index in [1.54, 1.807) is 30.3 Å². The van der Waals surface area contributed by atoms with Crippen molar-refractivity contribution in [3.8, 4) is 5.75 Å². The van der Waals surface area contributed by atoms with Crippen LogP contribution in [-0.4, -0.2) is 36.1 Å². The summed E-state index contributed by atoms with van der Waals surface area (Å²) in [7, 11) is -6.10. The van der Waals surface area contributed by atoms with Gasteiger partial charge < -0.3 is 10.1 Å². The van der Waals surface area contributed by atoms with E-state index < -0.39 is 31.8 Å². The molecule has 1 amide bonds. The largest absolute Gasteiger partial charge is 0.497 e. The molecule has 0 aromatic heterocycles. The van der Waals surface area contributed by atoms with Crippen molar-refractivity contribution in [3.63, 3.8) is 0 Å². The van der Waals surface area contributed by atoms with E-state index in [0.717, 1.165) is 10.6 Å². The first-order valence-corrected chi connectivity index (χ1v) is 15.2. The fourth-order valence-corrected chi connectivity index (χ4v) is 5.69. The second-order valence-electron chi connectivity index (χ2n) is 8.72. The number of ether oxygens (including phenoxy) is 1. The number of carbonyl (C=O) groups excluding carboxylic acids is 1. The molecule has 0 fully saturated rings. The number of anilines is 3. The van der Waals surface area contributed by atoms with E-state index in [9.17, 15) is 26.0 Å². The molecule has 0 atom stereocenters. The van der Waals surface area contributed by atoms with Gasteiger partial charge in [-0.2, -0.15) is 0 Å². The summed E-state index contributed by atoms with van der Waals surface area (Å²) in [6, 6.07) is 23.7. The minimum Gasteiger partial charge on any atom is -0.497 e. The molecule has 208 valence electrons. The molecule has 2 N–H and O–H groups in total. The van der Waals surface area contributed by atoms with Crippen LogP contribution in [-0.2, 0) is 26.6 Å². The number of hydrogen-bond acceptors (Lipinski definition) is 6. The molecule has 4 rings (SSSR count). The van der Waals surface area contributed by atoms with Gasteiger partial charge in [0.25, 0.3) is 15.9 Å². The lowest BCUT2D eigenvalue weighted by Crippen LogP contribution is -2.29. The van der Waals surface area contributed by atoms with Gasteiger partial charge in [0.2, 0.25) is 10.0 Å². The predicted molar refractivity (Wildman–Crippen MR) is 152 cm³/mol. The van der Waals surface area contributed by atoms with E-state index in [1.807, 2.05) is 0 Å². The second kappa shape index (κ2) is 11.8. The number of amides is 1. The molecule has 4 aromatic carbocycles. The van der Waals surface area contributed by atoms with Crippen LogP contribution in [0.5, 0.6) is 5.75 Å². The number of sulfonamides is 2. The molecule has 0 radical (unpaired) electrons. The lowest BCUT2D eigenvalue weighted by molar-refractivity contribution is 0.102. The Balaban J connectivity index is 1.44. The number of benzene rings is 4. The van der Waals surface area contributed by atoms with Crippen LogP contribution in [0.3, 0.4) is 0 Å². The van der Waals surface area contributed by atoms with Gasteiger partial charge in [-0.3, -0.25) is 13.8 Å². The van der Waals surface area contributed by atoms with Crippen LogP contribution < -0.4 is 19.1 Å². The summed E-state index contributed by atoms with van der Waals surface area (Å²) in [6.07, 6.45) is 1.02. The van der Waals surface area contributed by atoms with Gasteiger partial charge >= 0.3 is 0 Å². The molecule has 0 aliphatic carbocycles. The third-order valence-electron chi connectivity index (χ3n) is 5.85. The van der Waals surface area contributed by atoms with Crippen molar-refractivity contribution in [1.29, 1.82) is 0 Å². The predicted octanol–water partition coefficient (Wildman–Crippen LogP) is 4.85. The summed E-state index contributed by atoms with van der Waals surface area (Å²) in [5.74, 6) is -0.422. The van der Waals surface area contributed by atoms with E-state index >= 15 is 0 Å². The fraction of sp³-hybridized carbons (Fsp3) is 0.107. The van der Waals surface area contributed by atoms with Crippen molar-refractivity contribution < 1.29 is 30.8 Å². The Labute approximate surface area is 232 Å². The zero-order valence-corrected chi connectivity index (χ0v) is 23.2. The van der Waals surface area contributed by atoms with Gasteiger partial charge in [-0.25, -0.2) is 21.2 Å². The van der Waals surface area contributed by atoms with E-state index in [2.05, 4.69) is 10.0 Å². The van der Waals surface area contributed by atoms with Crippen molar-refractivity contribution in [2.45, 2.75) is 11.4 Å². The van der Waals surface area contributed by atoms with Crippen LogP contribution in [0.4, 0.5) is 21.5 Å². The highest BCUT2D eigenvalue weighted by Crippen LogP contribution is 2.24. The summed E-state index contributed by atoms with van der Waals surface area (Å²) in [6.45, 7) is -0.209. The maximum Gasteiger partial charge on any atom is 0.261 e. The number of nitrogens with zero attached hydrogens (tertiary/aromatic N) is 1. The summed E-state index contributed by atoms with van der Waals surface area (Å²) < 4.78 is 72.9. The van der Waals surface area contributed by atoms with E-state index in [1.165, 1.54) is 73.8 Å². The molecule has 0 aliphatic heterocycles. The second-order valence-corrected chi connectivity index (χ2v) is 12.3. The van der Waals surface area contributed by atoms with Crippen molar-refractivity contribution in [3.05, 3.63) is 114 Å². The van der Waals surface area contributed by atoms with E-state index in [4.69, 9.17) is 4.74 Å². The molecule has 40 heavy (non-hydrogen) atoms. The molecule has 0 unspecified atom stereocenters. The molecular formula is C28H26FN3O6S2. The Morgan fingerprint density at radius 3 is 2.00 bits per heavy atom. The molecule has 4 aromatic rings. The average Bonchev–Trinajstić information content (AvgIpc) is 2.92. The lowest BCUT2D eigenvalue weighted by Gasteiger charge is -2.23. The molecular weight excluding hydrogens is 557 g/mol. The van der Waals surface area contributed by atoms with Crippen LogP contribution in [0.15, 0.2) is 102 Å². The molecule has 0 spiro atoms. The zero-order valence-electron chi connectivity index (χ0n) is 21.5. The van der Waals surface area contributed by atoms with Gasteiger partial charge in [-0.05, 0) is 78.9 Å². The van der Waals surface area contributed by atoms with E-state index in [0.29, 0.717) is 17.1 Å². The minimum atomic E-state index is -3.86. The average molecular weight is 584 g/mol. The lowest BCUT2D eigenvalue weighted by atomic mass is 10.1. The normalized spacial score (nSPS) is 11.5. The van der Waals surface area contributed by atoms with Crippen LogP contribution in [0.2, 0.25) is 0 Å².